The Bertz CT molecular complexity index is 818. The molecule has 2 rings (SSSR count). The average molecular weight is 356 g/mol. The second-order valence-electron chi connectivity index (χ2n) is 9.63. The molecule has 25 heavy (non-hydrogen) atoms. The third-order valence-corrected chi connectivity index (χ3v) is 7.01. The molecule has 0 spiro atoms. The predicted molar refractivity (Wildman–Crippen MR) is 114 cm³/mol. The Balaban J connectivity index is 2.80. The maximum Gasteiger partial charge on any atom is 0.212 e. The molecule has 0 atom stereocenters. The van der Waals surface area contributed by atoms with Crippen molar-refractivity contribution in [2.45, 2.75) is 72.5 Å². The Kier molecular flexibility index (Phi) is 4.94. The van der Waals surface area contributed by atoms with Gasteiger partial charge in [-0.25, -0.2) is 4.57 Å². The Morgan fingerprint density at radius 3 is 2.16 bits per heavy atom. The molecule has 0 saturated heterocycles. The molecule has 0 fully saturated rings. The minimum absolute atomic E-state index is 0.122. The maximum absolute atomic E-state index is 8.73. The first-order chi connectivity index (χ1) is 11.6. The molecule has 2 aromatic rings. The van der Waals surface area contributed by atoms with Gasteiger partial charge in [0, 0.05) is 18.2 Å². The molecule has 0 bridgehead atoms. The minimum Gasteiger partial charge on any atom is -0.201 e. The molecule has 136 valence electrons. The van der Waals surface area contributed by atoms with Gasteiger partial charge in [-0.15, -0.1) is 0 Å². The molecule has 0 aliphatic carbocycles. The van der Waals surface area contributed by atoms with Crippen molar-refractivity contribution in [3.8, 4) is 11.3 Å². The van der Waals surface area contributed by atoms with E-state index in [9.17, 15) is 0 Å². The average Bonchev–Trinajstić information content (AvgIpc) is 2.44. The van der Waals surface area contributed by atoms with E-state index in [1.54, 1.807) is 0 Å². The van der Waals surface area contributed by atoms with Gasteiger partial charge in [0.2, 0.25) is 5.69 Å². The largest absolute Gasteiger partial charge is 0.212 e. The molecule has 1 heterocycles. The number of nitrogens with zero attached hydrogens (tertiary/aromatic N) is 1. The van der Waals surface area contributed by atoms with Crippen LogP contribution < -0.4 is 9.75 Å². The molecule has 0 N–H and O–H groups in total. The molecular formula is C23H36NSi+. The van der Waals surface area contributed by atoms with E-state index in [1.807, 2.05) is 13.8 Å². The van der Waals surface area contributed by atoms with Gasteiger partial charge in [0.15, 0.2) is 6.20 Å². The topological polar surface area (TPSA) is 3.88 Å². The fraction of sp³-hybridized carbons (Fsp3) is 0.522. The first-order valence-electron chi connectivity index (χ1n) is 9.78. The quantitative estimate of drug-likeness (QED) is 0.509. The van der Waals surface area contributed by atoms with Crippen LogP contribution in [0.25, 0.3) is 11.3 Å². The highest BCUT2D eigenvalue weighted by Crippen LogP contribution is 2.30. The molecule has 0 aliphatic heterocycles. The third kappa shape index (κ3) is 4.23. The van der Waals surface area contributed by atoms with Gasteiger partial charge in [0.25, 0.3) is 0 Å². The van der Waals surface area contributed by atoms with Crippen LogP contribution in [0.5, 0.6) is 0 Å². The zero-order valence-electron chi connectivity index (χ0n) is 18.8. The standard InChI is InChI=1S/C23H36NSi/c1-16(2)19-14-21(24(7)15-22(19)25(8,9)10)20-13-18(23(4,5)6)12-11-17(20)3/h11-16H,1-10H3/q+1/i16D. The zero-order valence-corrected chi connectivity index (χ0v) is 18.8. The van der Waals surface area contributed by atoms with Gasteiger partial charge >= 0.3 is 0 Å². The molecule has 1 aromatic heterocycles. The SMILES string of the molecule is [2H]C(C)(C)c1cc(-c2cc(C(C)(C)C)ccc2C)[n+](C)cc1[Si](C)(C)C. The summed E-state index contributed by atoms with van der Waals surface area (Å²) in [6.07, 6.45) is 2.29. The first-order valence-corrected chi connectivity index (χ1v) is 12.8. The molecular weight excluding hydrogens is 318 g/mol. The fourth-order valence-corrected chi connectivity index (χ4v) is 5.00. The lowest BCUT2D eigenvalue weighted by atomic mass is 9.84. The molecule has 0 aliphatic rings. The first kappa shape index (κ1) is 18.4. The summed E-state index contributed by atoms with van der Waals surface area (Å²) in [5.74, 6) is -0.603. The highest BCUT2D eigenvalue weighted by atomic mass is 28.3. The second-order valence-corrected chi connectivity index (χ2v) is 14.7. The van der Waals surface area contributed by atoms with Gasteiger partial charge in [0.05, 0.1) is 8.07 Å². The number of aryl methyl sites for hydroxylation is 2. The summed E-state index contributed by atoms with van der Waals surface area (Å²) in [6, 6.07) is 9.08. The van der Waals surface area contributed by atoms with Gasteiger partial charge in [-0.05, 0) is 41.0 Å². The van der Waals surface area contributed by atoms with Gasteiger partial charge in [-0.1, -0.05) is 66.4 Å². The number of hydrogen-bond donors (Lipinski definition) is 0. The van der Waals surface area contributed by atoms with Crippen LogP contribution in [0.15, 0.2) is 30.5 Å². The summed E-state index contributed by atoms with van der Waals surface area (Å²) in [7, 11) is 0.604. The van der Waals surface area contributed by atoms with E-state index in [-0.39, 0.29) is 5.41 Å². The highest BCUT2D eigenvalue weighted by Gasteiger charge is 2.28. The summed E-state index contributed by atoms with van der Waals surface area (Å²) >= 11 is 0. The normalized spacial score (nSPS) is 13.8. The smallest absolute Gasteiger partial charge is 0.201 e. The summed E-state index contributed by atoms with van der Waals surface area (Å²) in [5, 5.41) is 1.38. The summed E-state index contributed by atoms with van der Waals surface area (Å²) in [6.45, 7) is 20.1. The van der Waals surface area contributed by atoms with Crippen LogP contribution in [0.4, 0.5) is 0 Å². The van der Waals surface area contributed by atoms with Gasteiger partial charge in [-0.2, -0.15) is 0 Å². The zero-order chi connectivity index (χ0) is 20.1. The van der Waals surface area contributed by atoms with Gasteiger partial charge in [-0.3, -0.25) is 0 Å². The third-order valence-electron chi connectivity index (χ3n) is 5.00. The highest BCUT2D eigenvalue weighted by molar-refractivity contribution is 6.89. The summed E-state index contributed by atoms with van der Waals surface area (Å²) in [4.78, 5) is 0. The monoisotopic (exact) mass is 355 g/mol. The van der Waals surface area contributed by atoms with Crippen molar-refractivity contribution in [3.05, 3.63) is 47.2 Å². The van der Waals surface area contributed by atoms with Crippen LogP contribution in [-0.4, -0.2) is 8.07 Å². The van der Waals surface area contributed by atoms with Crippen LogP contribution in [0, 0.1) is 6.92 Å². The van der Waals surface area contributed by atoms with Crippen molar-refractivity contribution in [1.29, 1.82) is 0 Å². The molecule has 0 saturated carbocycles. The van der Waals surface area contributed by atoms with Crippen LogP contribution in [-0.2, 0) is 12.5 Å². The summed E-state index contributed by atoms with van der Waals surface area (Å²) in [5.41, 5.74) is 6.39. The second kappa shape index (κ2) is 6.72. The van der Waals surface area contributed by atoms with E-state index in [1.165, 1.54) is 33.1 Å². The lowest BCUT2D eigenvalue weighted by Gasteiger charge is -2.23. The molecule has 0 amide bonds. The summed E-state index contributed by atoms with van der Waals surface area (Å²) < 4.78 is 11.0. The van der Waals surface area contributed by atoms with E-state index in [4.69, 9.17) is 1.37 Å². The Morgan fingerprint density at radius 2 is 1.68 bits per heavy atom. The van der Waals surface area contributed by atoms with Crippen molar-refractivity contribution in [3.63, 3.8) is 0 Å². The van der Waals surface area contributed by atoms with Crippen LogP contribution >= 0.6 is 0 Å². The molecule has 0 unspecified atom stereocenters. The number of benzene rings is 1. The number of rotatable bonds is 3. The molecule has 0 radical (unpaired) electrons. The number of pyridine rings is 1. The Labute approximate surface area is 157 Å². The Hall–Kier alpha value is -1.41. The molecule has 1 aromatic carbocycles. The van der Waals surface area contributed by atoms with Crippen molar-refractivity contribution in [2.75, 3.05) is 0 Å². The van der Waals surface area contributed by atoms with Gasteiger partial charge in [0.1, 0.15) is 7.05 Å². The Morgan fingerprint density at radius 1 is 1.08 bits per heavy atom. The minimum atomic E-state index is -1.54. The van der Waals surface area contributed by atoms with Crippen molar-refractivity contribution >= 4 is 13.3 Å². The predicted octanol–water partition coefficient (Wildman–Crippen LogP) is 5.45. The van der Waals surface area contributed by atoms with Crippen LogP contribution in [0.1, 0.15) is 58.6 Å². The van der Waals surface area contributed by atoms with Crippen molar-refractivity contribution < 1.29 is 5.94 Å². The van der Waals surface area contributed by atoms with E-state index in [0.717, 1.165) is 0 Å². The number of aromatic nitrogens is 1. The van der Waals surface area contributed by atoms with E-state index in [0.29, 0.717) is 0 Å². The lowest BCUT2D eigenvalue weighted by Crippen LogP contribution is -2.47. The van der Waals surface area contributed by atoms with Crippen molar-refractivity contribution in [1.82, 2.24) is 0 Å². The number of hydrogen-bond acceptors (Lipinski definition) is 0. The molecule has 2 heteroatoms. The van der Waals surface area contributed by atoms with Crippen molar-refractivity contribution in [2.24, 2.45) is 7.05 Å². The fourth-order valence-electron chi connectivity index (χ4n) is 3.29. The van der Waals surface area contributed by atoms with Crippen LogP contribution in [0.2, 0.25) is 19.6 Å². The molecule has 1 nitrogen and oxygen atoms in total. The van der Waals surface area contributed by atoms with E-state index < -0.39 is 14.0 Å². The van der Waals surface area contributed by atoms with Crippen LogP contribution in [0.3, 0.4) is 0 Å². The maximum atomic E-state index is 8.73. The van der Waals surface area contributed by atoms with Gasteiger partial charge < -0.3 is 0 Å². The van der Waals surface area contributed by atoms with E-state index in [2.05, 4.69) is 89.4 Å². The lowest BCUT2D eigenvalue weighted by molar-refractivity contribution is -0.659. The van der Waals surface area contributed by atoms with E-state index >= 15 is 0 Å².